The molecule has 0 unspecified atom stereocenters. The van der Waals surface area contributed by atoms with Crippen LogP contribution in [0, 0.1) is 5.41 Å². The normalized spacial score (nSPS) is 17.4. The van der Waals surface area contributed by atoms with Crippen molar-refractivity contribution in [2.45, 2.75) is 0 Å². The van der Waals surface area contributed by atoms with Gasteiger partial charge in [-0.3, -0.25) is 15.1 Å². The van der Waals surface area contributed by atoms with Crippen molar-refractivity contribution in [1.82, 2.24) is 4.90 Å². The topological polar surface area (TPSA) is 109 Å². The van der Waals surface area contributed by atoms with Gasteiger partial charge in [0.25, 0.3) is 5.91 Å². The molecule has 0 saturated carbocycles. The molecule has 1 N–H and O–H groups in total. The standard InChI is InChI=1S/C21H17N3O5S2/c1-28-18-11-13(8-9-17(18)29-31(2,26)27)10-15-19(22)24-16(14-6-4-3-5-7-14)12-30-21(24)23-20(15)25/h3-12,22H,1-2H3/b15-10-,22-19?. The second kappa shape index (κ2) is 8.05. The van der Waals surface area contributed by atoms with Gasteiger partial charge in [0, 0.05) is 5.41 Å². The number of carbonyl (C=O) groups excluding carboxylic acids is 1. The highest BCUT2D eigenvalue weighted by Gasteiger charge is 2.36. The maximum Gasteiger partial charge on any atom is 0.306 e. The number of benzene rings is 2. The SMILES string of the molecule is COc1cc(/C=C2/C(=N)N3C(c4ccccc4)=CSC3=NC2=O)ccc1OS(C)(=O)=O. The average molecular weight is 456 g/mol. The summed E-state index contributed by atoms with van der Waals surface area (Å²) in [4.78, 5) is 18.4. The quantitative estimate of drug-likeness (QED) is 0.544. The highest BCUT2D eigenvalue weighted by molar-refractivity contribution is 8.17. The third-order valence-electron chi connectivity index (χ3n) is 4.42. The summed E-state index contributed by atoms with van der Waals surface area (Å²) in [7, 11) is -2.35. The molecule has 31 heavy (non-hydrogen) atoms. The molecule has 2 heterocycles. The summed E-state index contributed by atoms with van der Waals surface area (Å²) < 4.78 is 33.0. The third kappa shape index (κ3) is 4.25. The molecule has 0 atom stereocenters. The summed E-state index contributed by atoms with van der Waals surface area (Å²) in [5.74, 6) is -0.310. The monoisotopic (exact) mass is 455 g/mol. The van der Waals surface area contributed by atoms with Gasteiger partial charge in [-0.05, 0) is 29.3 Å². The van der Waals surface area contributed by atoms with E-state index in [-0.39, 0.29) is 22.9 Å². The lowest BCUT2D eigenvalue weighted by atomic mass is 10.1. The molecule has 1 amide bonds. The van der Waals surface area contributed by atoms with E-state index >= 15 is 0 Å². The average Bonchev–Trinajstić information content (AvgIpc) is 3.15. The summed E-state index contributed by atoms with van der Waals surface area (Å²) in [5, 5.41) is 10.9. The molecule has 0 fully saturated rings. The molecule has 2 aliphatic heterocycles. The van der Waals surface area contributed by atoms with E-state index in [0.29, 0.717) is 10.7 Å². The van der Waals surface area contributed by atoms with Crippen LogP contribution in [0.2, 0.25) is 0 Å². The fourth-order valence-electron chi connectivity index (χ4n) is 3.09. The summed E-state index contributed by atoms with van der Waals surface area (Å²) in [6, 6.07) is 14.1. The van der Waals surface area contributed by atoms with Gasteiger partial charge in [-0.15, -0.1) is 0 Å². The number of nitrogens with zero attached hydrogens (tertiary/aromatic N) is 2. The first-order chi connectivity index (χ1) is 14.8. The molecule has 10 heteroatoms. The molecule has 4 rings (SSSR count). The molecular weight excluding hydrogens is 438 g/mol. The van der Waals surface area contributed by atoms with Crippen LogP contribution in [0.5, 0.6) is 11.5 Å². The number of fused-ring (bicyclic) bond motifs is 1. The predicted molar refractivity (Wildman–Crippen MR) is 120 cm³/mol. The molecular formula is C21H17N3O5S2. The second-order valence-electron chi connectivity index (χ2n) is 6.63. The fraction of sp³-hybridized carbons (Fsp3) is 0.0952. The summed E-state index contributed by atoms with van der Waals surface area (Å²) in [5.41, 5.74) is 2.30. The number of nitrogens with one attached hydrogen (secondary N) is 1. The summed E-state index contributed by atoms with van der Waals surface area (Å²) in [6.07, 6.45) is 2.45. The zero-order valence-electron chi connectivity index (χ0n) is 16.5. The zero-order valence-corrected chi connectivity index (χ0v) is 18.2. The molecule has 0 aromatic heterocycles. The smallest absolute Gasteiger partial charge is 0.306 e. The van der Waals surface area contributed by atoms with E-state index in [4.69, 9.17) is 14.3 Å². The van der Waals surface area contributed by atoms with Crippen molar-refractivity contribution in [3.05, 3.63) is 70.6 Å². The highest BCUT2D eigenvalue weighted by atomic mass is 32.2. The molecule has 8 nitrogen and oxygen atoms in total. The molecule has 2 aromatic rings. The maximum atomic E-state index is 12.6. The van der Waals surface area contributed by atoms with Crippen molar-refractivity contribution < 1.29 is 22.1 Å². The molecule has 0 saturated heterocycles. The van der Waals surface area contributed by atoms with E-state index < -0.39 is 16.0 Å². The zero-order chi connectivity index (χ0) is 22.2. The van der Waals surface area contributed by atoms with Crippen LogP contribution in [0.25, 0.3) is 11.8 Å². The Hall–Kier alpha value is -3.37. The summed E-state index contributed by atoms with van der Waals surface area (Å²) in [6.45, 7) is 0. The van der Waals surface area contributed by atoms with Gasteiger partial charge in [-0.2, -0.15) is 13.4 Å². The lowest BCUT2D eigenvalue weighted by molar-refractivity contribution is -0.114. The van der Waals surface area contributed by atoms with Gasteiger partial charge in [0.15, 0.2) is 16.7 Å². The number of hydrogen-bond acceptors (Lipinski definition) is 7. The Morgan fingerprint density at radius 3 is 2.55 bits per heavy atom. The number of hydrogen-bond donors (Lipinski definition) is 1. The van der Waals surface area contributed by atoms with Gasteiger partial charge in [-0.1, -0.05) is 48.2 Å². The highest BCUT2D eigenvalue weighted by Crippen LogP contribution is 2.37. The second-order valence-corrected chi connectivity index (χ2v) is 9.04. The van der Waals surface area contributed by atoms with Gasteiger partial charge in [0.2, 0.25) is 0 Å². The Morgan fingerprint density at radius 2 is 1.87 bits per heavy atom. The van der Waals surface area contributed by atoms with E-state index in [1.165, 1.54) is 37.1 Å². The van der Waals surface area contributed by atoms with Crippen LogP contribution in [0.1, 0.15) is 11.1 Å². The van der Waals surface area contributed by atoms with E-state index in [1.54, 1.807) is 11.0 Å². The number of thioether (sulfide) groups is 1. The third-order valence-corrected chi connectivity index (χ3v) is 5.73. The van der Waals surface area contributed by atoms with Gasteiger partial charge < -0.3 is 8.92 Å². The van der Waals surface area contributed by atoms with Gasteiger partial charge >= 0.3 is 10.1 Å². The van der Waals surface area contributed by atoms with E-state index in [2.05, 4.69) is 4.99 Å². The summed E-state index contributed by atoms with van der Waals surface area (Å²) >= 11 is 1.29. The van der Waals surface area contributed by atoms with Gasteiger partial charge in [-0.25, -0.2) is 0 Å². The number of rotatable bonds is 5. The van der Waals surface area contributed by atoms with Crippen LogP contribution in [0.3, 0.4) is 0 Å². The van der Waals surface area contributed by atoms with Crippen LogP contribution in [-0.2, 0) is 14.9 Å². The molecule has 2 aromatic carbocycles. The van der Waals surface area contributed by atoms with E-state index in [0.717, 1.165) is 17.5 Å². The van der Waals surface area contributed by atoms with Crippen molar-refractivity contribution in [2.75, 3.05) is 13.4 Å². The van der Waals surface area contributed by atoms with Crippen LogP contribution in [0.4, 0.5) is 0 Å². The Morgan fingerprint density at radius 1 is 1.13 bits per heavy atom. The Kier molecular flexibility index (Phi) is 5.42. The number of carbonyl (C=O) groups is 1. The van der Waals surface area contributed by atoms with Gasteiger partial charge in [0.1, 0.15) is 5.84 Å². The van der Waals surface area contributed by atoms with Crippen molar-refractivity contribution in [1.29, 1.82) is 5.41 Å². The van der Waals surface area contributed by atoms with Crippen molar-refractivity contribution in [3.8, 4) is 11.5 Å². The van der Waals surface area contributed by atoms with Gasteiger partial charge in [0.05, 0.1) is 24.6 Å². The molecule has 0 spiro atoms. The first-order valence-electron chi connectivity index (χ1n) is 9.00. The largest absolute Gasteiger partial charge is 0.493 e. The first-order valence-corrected chi connectivity index (χ1v) is 11.7. The molecule has 0 radical (unpaired) electrons. The molecule has 158 valence electrons. The minimum Gasteiger partial charge on any atom is -0.493 e. The number of amidine groups is 2. The number of amides is 1. The Labute approximate surface area is 183 Å². The lowest BCUT2D eigenvalue weighted by Gasteiger charge is -2.27. The van der Waals surface area contributed by atoms with Crippen molar-refractivity contribution in [3.63, 3.8) is 0 Å². The minimum atomic E-state index is -3.73. The lowest BCUT2D eigenvalue weighted by Crippen LogP contribution is -2.38. The minimum absolute atomic E-state index is 0.00512. The maximum absolute atomic E-state index is 12.6. The van der Waals surface area contributed by atoms with E-state index in [1.807, 2.05) is 35.7 Å². The Bertz CT molecular complexity index is 1280. The molecule has 0 bridgehead atoms. The number of methoxy groups -OCH3 is 1. The molecule has 0 aliphatic carbocycles. The fourth-order valence-corrected chi connectivity index (χ4v) is 4.44. The Balaban J connectivity index is 1.70. The first kappa shape index (κ1) is 20.9. The van der Waals surface area contributed by atoms with Crippen molar-refractivity contribution in [2.24, 2.45) is 4.99 Å². The van der Waals surface area contributed by atoms with E-state index in [9.17, 15) is 13.2 Å². The molecule has 2 aliphatic rings. The number of ether oxygens (including phenoxy) is 1. The number of aliphatic imine (C=N–C) groups is 1. The van der Waals surface area contributed by atoms with Crippen LogP contribution in [0.15, 0.2) is 64.5 Å². The predicted octanol–water partition coefficient (Wildman–Crippen LogP) is 3.34. The van der Waals surface area contributed by atoms with Crippen LogP contribution < -0.4 is 8.92 Å². The van der Waals surface area contributed by atoms with Crippen LogP contribution in [-0.4, -0.2) is 43.6 Å². The van der Waals surface area contributed by atoms with Crippen molar-refractivity contribution >= 4 is 50.6 Å². The van der Waals surface area contributed by atoms with Crippen LogP contribution >= 0.6 is 11.8 Å².